The van der Waals surface area contributed by atoms with E-state index < -0.39 is 47.9 Å². The lowest BCUT2D eigenvalue weighted by molar-refractivity contribution is -0.141. The van der Waals surface area contributed by atoms with Gasteiger partial charge >= 0.3 is 5.97 Å². The lowest BCUT2D eigenvalue weighted by atomic mass is 9.98. The zero-order chi connectivity index (χ0) is 26.4. The number of hydrogen-bond acceptors (Lipinski definition) is 7. The van der Waals surface area contributed by atoms with Crippen LogP contribution < -0.4 is 33.2 Å². The van der Waals surface area contributed by atoms with Crippen molar-refractivity contribution < 1.29 is 24.3 Å². The molecule has 0 spiro atoms. The van der Waals surface area contributed by atoms with E-state index in [-0.39, 0.29) is 42.9 Å². The molecule has 0 heterocycles. The number of carbonyl (C=O) groups is 4. The molecule has 3 amide bonds. The number of aliphatic imine (C=N–C) groups is 1. The molecule has 0 aliphatic carbocycles. The minimum absolute atomic E-state index is 0.0177. The maximum atomic E-state index is 13.1. The van der Waals surface area contributed by atoms with Crippen LogP contribution in [0.5, 0.6) is 0 Å². The van der Waals surface area contributed by atoms with Crippen molar-refractivity contribution in [1.82, 2.24) is 16.0 Å². The minimum Gasteiger partial charge on any atom is -0.480 e. The number of carboxylic acid groups (broad SMARTS) is 1. The molecule has 0 bridgehead atoms. The van der Waals surface area contributed by atoms with E-state index in [9.17, 15) is 24.3 Å². The summed E-state index contributed by atoms with van der Waals surface area (Å²) in [7, 11) is 0. The first-order valence-electron chi connectivity index (χ1n) is 11.4. The van der Waals surface area contributed by atoms with E-state index in [1.54, 1.807) is 0 Å². The van der Waals surface area contributed by atoms with Gasteiger partial charge in [0.1, 0.15) is 18.1 Å². The molecule has 0 aromatic carbocycles. The van der Waals surface area contributed by atoms with E-state index in [1.807, 2.05) is 27.7 Å². The maximum Gasteiger partial charge on any atom is 0.327 e. The predicted octanol–water partition coefficient (Wildman–Crippen LogP) is -1.07. The summed E-state index contributed by atoms with van der Waals surface area (Å²) >= 11 is 3.94. The normalized spacial score (nSPS) is 15.4. The Morgan fingerprint density at radius 1 is 0.941 bits per heavy atom. The molecule has 10 N–H and O–H groups in total. The summed E-state index contributed by atoms with van der Waals surface area (Å²) in [6.07, 6.45) is 1.53. The Morgan fingerprint density at radius 2 is 1.47 bits per heavy atom. The highest BCUT2D eigenvalue weighted by Crippen LogP contribution is 2.09. The van der Waals surface area contributed by atoms with Gasteiger partial charge in [-0.25, -0.2) is 4.79 Å². The van der Waals surface area contributed by atoms with Gasteiger partial charge < -0.3 is 38.3 Å². The number of rotatable bonds is 16. The van der Waals surface area contributed by atoms with Crippen LogP contribution in [0.1, 0.15) is 53.4 Å². The molecule has 12 nitrogen and oxygen atoms in total. The van der Waals surface area contributed by atoms with E-state index >= 15 is 0 Å². The Bertz CT molecular complexity index is 716. The van der Waals surface area contributed by atoms with Crippen molar-refractivity contribution in [3.05, 3.63) is 0 Å². The second-order valence-electron chi connectivity index (χ2n) is 8.69. The first kappa shape index (κ1) is 31.5. The molecule has 0 fully saturated rings. The van der Waals surface area contributed by atoms with Crippen LogP contribution in [0.2, 0.25) is 0 Å². The molecular weight excluding hydrogens is 462 g/mol. The van der Waals surface area contributed by atoms with Gasteiger partial charge in [0.05, 0.1) is 6.04 Å². The molecule has 5 unspecified atom stereocenters. The molecule has 34 heavy (non-hydrogen) atoms. The molecule has 0 aliphatic rings. The van der Waals surface area contributed by atoms with Gasteiger partial charge in [-0.1, -0.05) is 34.1 Å². The van der Waals surface area contributed by atoms with Crippen LogP contribution in [-0.2, 0) is 19.2 Å². The molecule has 196 valence electrons. The average molecular weight is 504 g/mol. The van der Waals surface area contributed by atoms with Gasteiger partial charge in [-0.15, -0.1) is 0 Å². The molecule has 0 aromatic rings. The quantitative estimate of drug-likeness (QED) is 0.0560. The van der Waals surface area contributed by atoms with Crippen LogP contribution >= 0.6 is 12.6 Å². The number of aliphatic carboxylic acids is 1. The fraction of sp³-hybridized carbons (Fsp3) is 0.762. The molecule has 0 aliphatic heterocycles. The van der Waals surface area contributed by atoms with Crippen molar-refractivity contribution in [3.8, 4) is 0 Å². The van der Waals surface area contributed by atoms with Gasteiger partial charge in [0, 0.05) is 12.3 Å². The summed E-state index contributed by atoms with van der Waals surface area (Å²) in [5.41, 5.74) is 16.7. The summed E-state index contributed by atoms with van der Waals surface area (Å²) in [4.78, 5) is 53.6. The lowest BCUT2D eigenvalue weighted by Gasteiger charge is -2.26. The summed E-state index contributed by atoms with van der Waals surface area (Å²) in [5, 5.41) is 16.9. The number of carbonyl (C=O) groups excluding carboxylic acids is 3. The summed E-state index contributed by atoms with van der Waals surface area (Å²) < 4.78 is 0. The van der Waals surface area contributed by atoms with Crippen molar-refractivity contribution in [2.24, 2.45) is 34.0 Å². The molecular formula is C21H41N7O5S. The van der Waals surface area contributed by atoms with Crippen LogP contribution in [0.3, 0.4) is 0 Å². The molecule has 0 rings (SSSR count). The highest BCUT2D eigenvalue weighted by Gasteiger charge is 2.31. The predicted molar refractivity (Wildman–Crippen MR) is 134 cm³/mol. The molecule has 0 radical (unpaired) electrons. The maximum absolute atomic E-state index is 13.1. The van der Waals surface area contributed by atoms with Gasteiger partial charge in [0.2, 0.25) is 17.7 Å². The Kier molecular flexibility index (Phi) is 14.9. The van der Waals surface area contributed by atoms with E-state index in [4.69, 9.17) is 17.2 Å². The van der Waals surface area contributed by atoms with E-state index in [0.29, 0.717) is 12.8 Å². The third-order valence-electron chi connectivity index (χ3n) is 5.28. The molecule has 5 atom stereocenters. The van der Waals surface area contributed by atoms with E-state index in [0.717, 1.165) is 0 Å². The smallest absolute Gasteiger partial charge is 0.327 e. The average Bonchev–Trinajstić information content (AvgIpc) is 2.76. The largest absolute Gasteiger partial charge is 0.480 e. The van der Waals surface area contributed by atoms with Gasteiger partial charge in [-0.3, -0.25) is 19.4 Å². The zero-order valence-electron chi connectivity index (χ0n) is 20.4. The fourth-order valence-corrected chi connectivity index (χ4v) is 3.23. The number of guanidine groups is 1. The van der Waals surface area contributed by atoms with Crippen molar-refractivity contribution >= 4 is 42.3 Å². The first-order chi connectivity index (χ1) is 15.8. The van der Waals surface area contributed by atoms with Crippen LogP contribution in [-0.4, -0.2) is 71.2 Å². The van der Waals surface area contributed by atoms with Crippen LogP contribution in [0.4, 0.5) is 0 Å². The third kappa shape index (κ3) is 12.1. The summed E-state index contributed by atoms with van der Waals surface area (Å²) in [6, 6.07) is -4.00. The molecule has 13 heteroatoms. The summed E-state index contributed by atoms with van der Waals surface area (Å²) in [5.74, 6) is -3.24. The van der Waals surface area contributed by atoms with E-state index in [1.165, 1.54) is 0 Å². The van der Waals surface area contributed by atoms with Crippen molar-refractivity contribution in [2.75, 3.05) is 12.3 Å². The van der Waals surface area contributed by atoms with Gasteiger partial charge in [0.15, 0.2) is 5.96 Å². The highest BCUT2D eigenvalue weighted by molar-refractivity contribution is 7.80. The third-order valence-corrected chi connectivity index (χ3v) is 5.64. The van der Waals surface area contributed by atoms with Crippen molar-refractivity contribution in [1.29, 1.82) is 0 Å². The monoisotopic (exact) mass is 503 g/mol. The second kappa shape index (κ2) is 16.1. The number of thiol groups is 1. The molecule has 0 saturated carbocycles. The Labute approximate surface area is 206 Å². The van der Waals surface area contributed by atoms with Crippen molar-refractivity contribution in [3.63, 3.8) is 0 Å². The van der Waals surface area contributed by atoms with Crippen LogP contribution in [0, 0.1) is 11.8 Å². The van der Waals surface area contributed by atoms with Gasteiger partial charge in [-0.2, -0.15) is 12.6 Å². The lowest BCUT2D eigenvalue weighted by Crippen LogP contribution is -2.58. The van der Waals surface area contributed by atoms with Crippen LogP contribution in [0.25, 0.3) is 0 Å². The number of nitrogens with two attached hydrogens (primary N) is 3. The zero-order valence-corrected chi connectivity index (χ0v) is 21.3. The van der Waals surface area contributed by atoms with E-state index in [2.05, 4.69) is 33.6 Å². The first-order valence-corrected chi connectivity index (χ1v) is 12.0. The Hall–Kier alpha value is -2.54. The number of nitrogens with zero attached hydrogens (tertiary/aromatic N) is 1. The molecule has 0 saturated heterocycles. The fourth-order valence-electron chi connectivity index (χ4n) is 2.99. The minimum atomic E-state index is -1.23. The standard InChI is InChI=1S/C21H41N7O5S/c1-5-12(4)16(22)19(31)26-13(7-6-8-25-21(23)24)17(29)27-14(9-11(2)3)18(30)28-15(10-34)20(32)33/h11-16,34H,5-10,22H2,1-4H3,(H,26,31)(H,27,29)(H,28,30)(H,32,33)(H4,23,24,25). The van der Waals surface area contributed by atoms with Gasteiger partial charge in [-0.05, 0) is 31.1 Å². The van der Waals surface area contributed by atoms with Crippen molar-refractivity contribution in [2.45, 2.75) is 77.5 Å². The number of nitrogens with one attached hydrogen (secondary N) is 3. The highest BCUT2D eigenvalue weighted by atomic mass is 32.1. The van der Waals surface area contributed by atoms with Gasteiger partial charge in [0.25, 0.3) is 0 Å². The van der Waals surface area contributed by atoms with Crippen LogP contribution in [0.15, 0.2) is 4.99 Å². The number of hydrogen-bond donors (Lipinski definition) is 8. The topological polar surface area (TPSA) is 215 Å². The number of amides is 3. The summed E-state index contributed by atoms with van der Waals surface area (Å²) in [6.45, 7) is 7.71. The number of carboxylic acids is 1. The SMILES string of the molecule is CCC(C)C(N)C(=O)NC(CCCN=C(N)N)C(=O)NC(CC(C)C)C(=O)NC(CS)C(=O)O. The molecule has 0 aromatic heterocycles. The second-order valence-corrected chi connectivity index (χ2v) is 9.06. The Morgan fingerprint density at radius 3 is 1.94 bits per heavy atom. The Balaban J connectivity index is 5.56.